The molecule has 2 aromatic carbocycles. The molecule has 1 atom stereocenters. The summed E-state index contributed by atoms with van der Waals surface area (Å²) in [4.78, 5) is 12.7. The van der Waals surface area contributed by atoms with Gasteiger partial charge in [-0.1, -0.05) is 58.4 Å². The number of benzene rings is 2. The van der Waals surface area contributed by atoms with E-state index in [0.717, 1.165) is 15.9 Å². The average Bonchev–Trinajstić information content (AvgIpc) is 2.92. The van der Waals surface area contributed by atoms with Gasteiger partial charge in [0.15, 0.2) is 5.72 Å². The van der Waals surface area contributed by atoms with Crippen molar-refractivity contribution in [1.29, 1.82) is 0 Å². The zero-order chi connectivity index (χ0) is 17.9. The van der Waals surface area contributed by atoms with E-state index in [1.807, 2.05) is 61.5 Å². The van der Waals surface area contributed by atoms with Crippen LogP contribution in [0.25, 0.3) is 0 Å². The summed E-state index contributed by atoms with van der Waals surface area (Å²) < 4.78 is 0.923. The number of rotatable bonds is 5. The van der Waals surface area contributed by atoms with Crippen molar-refractivity contribution in [3.63, 3.8) is 0 Å². The Morgan fingerprint density at radius 1 is 1.24 bits per heavy atom. The number of nitrogens with zero attached hydrogens (tertiary/aromatic N) is 2. The Balaban J connectivity index is 1.69. The van der Waals surface area contributed by atoms with Crippen LogP contribution in [0, 0.1) is 0 Å². The van der Waals surface area contributed by atoms with Crippen molar-refractivity contribution in [2.75, 3.05) is 5.75 Å². The summed E-state index contributed by atoms with van der Waals surface area (Å²) in [5.74, 6) is 0.827. The lowest BCUT2D eigenvalue weighted by Crippen LogP contribution is -2.44. The molecule has 1 aliphatic rings. The van der Waals surface area contributed by atoms with E-state index in [4.69, 9.17) is 0 Å². The topological polar surface area (TPSA) is 52.9 Å². The predicted octanol–water partition coefficient (Wildman–Crippen LogP) is 4.14. The largest absolute Gasteiger partial charge is 0.365 e. The lowest BCUT2D eigenvalue weighted by molar-refractivity contribution is -0.154. The van der Waals surface area contributed by atoms with Gasteiger partial charge in [-0.3, -0.25) is 4.79 Å². The van der Waals surface area contributed by atoms with Crippen LogP contribution in [0.5, 0.6) is 0 Å². The molecule has 4 nitrogen and oxygen atoms in total. The van der Waals surface area contributed by atoms with Crippen LogP contribution < -0.4 is 0 Å². The van der Waals surface area contributed by atoms with Gasteiger partial charge >= 0.3 is 0 Å². The van der Waals surface area contributed by atoms with E-state index in [1.54, 1.807) is 0 Å². The second-order valence-corrected chi connectivity index (χ2v) is 7.92. The maximum atomic E-state index is 12.7. The molecular formula is C19H19BrN2O2S. The van der Waals surface area contributed by atoms with Gasteiger partial charge in [0.05, 0.1) is 5.75 Å². The molecule has 1 N–H and O–H groups in total. The molecule has 1 heterocycles. The van der Waals surface area contributed by atoms with Gasteiger partial charge in [-0.05, 0) is 24.6 Å². The van der Waals surface area contributed by atoms with Crippen LogP contribution in [-0.4, -0.2) is 27.5 Å². The molecule has 2 aromatic rings. The van der Waals surface area contributed by atoms with Gasteiger partial charge in [-0.25, -0.2) is 0 Å². The highest BCUT2D eigenvalue weighted by Gasteiger charge is 2.44. The Hall–Kier alpha value is -1.63. The highest BCUT2D eigenvalue weighted by molar-refractivity contribution is 9.10. The number of hydrogen-bond acceptors (Lipinski definition) is 4. The first kappa shape index (κ1) is 18.2. The van der Waals surface area contributed by atoms with Crippen LogP contribution in [0.4, 0.5) is 0 Å². The number of thioether (sulfide) groups is 1. The first-order chi connectivity index (χ1) is 12.0. The van der Waals surface area contributed by atoms with Crippen LogP contribution in [-0.2, 0) is 16.3 Å². The third-order valence-electron chi connectivity index (χ3n) is 4.00. The molecule has 0 saturated carbocycles. The van der Waals surface area contributed by atoms with Crippen molar-refractivity contribution >= 4 is 39.3 Å². The molecule has 3 rings (SSSR count). The smallest absolute Gasteiger partial charge is 0.255 e. The lowest BCUT2D eigenvalue weighted by atomic mass is 9.98. The Morgan fingerprint density at radius 2 is 1.92 bits per heavy atom. The van der Waals surface area contributed by atoms with Gasteiger partial charge < -0.3 is 5.11 Å². The van der Waals surface area contributed by atoms with Crippen LogP contribution in [0.15, 0.2) is 64.2 Å². The molecule has 0 aliphatic carbocycles. The van der Waals surface area contributed by atoms with E-state index < -0.39 is 5.72 Å². The summed E-state index contributed by atoms with van der Waals surface area (Å²) in [5, 5.41) is 16.7. The molecule has 0 fully saturated rings. The fraction of sp³-hybridized carbons (Fsp3) is 0.263. The van der Waals surface area contributed by atoms with Crippen LogP contribution >= 0.6 is 27.7 Å². The molecule has 0 spiro atoms. The number of carbonyl (C=O) groups is 1. The van der Waals surface area contributed by atoms with Crippen molar-refractivity contribution in [2.24, 2.45) is 5.10 Å². The quantitative estimate of drug-likeness (QED) is 0.793. The van der Waals surface area contributed by atoms with Crippen molar-refractivity contribution in [1.82, 2.24) is 5.01 Å². The first-order valence-corrected chi connectivity index (χ1v) is 9.91. The molecule has 0 aromatic heterocycles. The molecule has 0 unspecified atom stereocenters. The zero-order valence-corrected chi connectivity index (χ0v) is 16.3. The van der Waals surface area contributed by atoms with Crippen molar-refractivity contribution in [2.45, 2.75) is 24.8 Å². The Bertz CT molecular complexity index is 780. The summed E-state index contributed by atoms with van der Waals surface area (Å²) in [7, 11) is 0. The number of halogens is 1. The number of aliphatic hydroxyl groups is 1. The van der Waals surface area contributed by atoms with Crippen molar-refractivity contribution in [3.05, 3.63) is 70.2 Å². The molecule has 1 aliphatic heterocycles. The second kappa shape index (κ2) is 7.72. The number of hydrazone groups is 1. The van der Waals surface area contributed by atoms with E-state index in [0.29, 0.717) is 12.0 Å². The van der Waals surface area contributed by atoms with Crippen LogP contribution in [0.2, 0.25) is 0 Å². The van der Waals surface area contributed by atoms with E-state index in [-0.39, 0.29) is 11.7 Å². The normalized spacial score (nSPS) is 19.8. The maximum absolute atomic E-state index is 12.7. The van der Waals surface area contributed by atoms with Crippen molar-refractivity contribution < 1.29 is 9.90 Å². The minimum atomic E-state index is -1.41. The molecule has 0 radical (unpaired) electrons. The highest BCUT2D eigenvalue weighted by Crippen LogP contribution is 2.36. The predicted molar refractivity (Wildman–Crippen MR) is 105 cm³/mol. The molecule has 6 heteroatoms. The molecule has 25 heavy (non-hydrogen) atoms. The Morgan fingerprint density at radius 3 is 2.60 bits per heavy atom. The van der Waals surface area contributed by atoms with E-state index >= 15 is 0 Å². The summed E-state index contributed by atoms with van der Waals surface area (Å²) in [6, 6.07) is 17.4. The fourth-order valence-corrected chi connectivity index (χ4v) is 3.91. The highest BCUT2D eigenvalue weighted by atomic mass is 79.9. The van der Waals surface area contributed by atoms with Crippen LogP contribution in [0.3, 0.4) is 0 Å². The Labute approximate surface area is 160 Å². The molecule has 0 bridgehead atoms. The molecule has 130 valence electrons. The first-order valence-electron chi connectivity index (χ1n) is 7.96. The van der Waals surface area contributed by atoms with E-state index in [9.17, 15) is 9.90 Å². The minimum Gasteiger partial charge on any atom is -0.365 e. The molecule has 0 saturated heterocycles. The summed E-state index contributed by atoms with van der Waals surface area (Å²) in [6.07, 6.45) is 0.323. The zero-order valence-electron chi connectivity index (χ0n) is 13.9. The summed E-state index contributed by atoms with van der Waals surface area (Å²) >= 11 is 4.91. The van der Waals surface area contributed by atoms with Gasteiger partial charge in [0.1, 0.15) is 0 Å². The molecule has 1 amide bonds. The monoisotopic (exact) mass is 418 g/mol. The summed E-state index contributed by atoms with van der Waals surface area (Å²) in [5.41, 5.74) is 1.17. The lowest BCUT2D eigenvalue weighted by Gasteiger charge is -2.31. The van der Waals surface area contributed by atoms with Crippen LogP contribution in [0.1, 0.15) is 24.5 Å². The minimum absolute atomic E-state index is 0.191. The third-order valence-corrected chi connectivity index (χ3v) is 5.52. The van der Waals surface area contributed by atoms with Gasteiger partial charge in [0.25, 0.3) is 5.91 Å². The summed E-state index contributed by atoms with van der Waals surface area (Å²) in [6.45, 7) is 1.83. The number of amides is 1. The standard InChI is InChI=1S/C19H19BrN2O2S/c1-14-11-19(24,16-7-9-17(20)10-8-16)22(21-14)18(23)13-25-12-15-5-3-2-4-6-15/h2-10,24H,11-13H2,1H3/t19-/m0/s1. The van der Waals surface area contributed by atoms with E-state index in [1.165, 1.54) is 22.3 Å². The fourth-order valence-electron chi connectivity index (χ4n) is 2.82. The average molecular weight is 419 g/mol. The van der Waals surface area contributed by atoms with Crippen molar-refractivity contribution in [3.8, 4) is 0 Å². The maximum Gasteiger partial charge on any atom is 0.255 e. The van der Waals surface area contributed by atoms with Gasteiger partial charge in [0, 0.05) is 27.9 Å². The van der Waals surface area contributed by atoms with E-state index in [2.05, 4.69) is 21.0 Å². The Kier molecular flexibility index (Phi) is 5.61. The van der Waals surface area contributed by atoms with Gasteiger partial charge in [0.2, 0.25) is 0 Å². The number of carbonyl (C=O) groups excluding carboxylic acids is 1. The molecular weight excluding hydrogens is 400 g/mol. The van der Waals surface area contributed by atoms with Gasteiger partial charge in [-0.2, -0.15) is 10.1 Å². The number of hydrogen-bond donors (Lipinski definition) is 1. The third kappa shape index (κ3) is 4.14. The SMILES string of the molecule is CC1=NN(C(=O)CSCc2ccccc2)[C@@](O)(c2ccc(Br)cc2)C1. The van der Waals surface area contributed by atoms with Gasteiger partial charge in [-0.15, -0.1) is 11.8 Å². The second-order valence-electron chi connectivity index (χ2n) is 6.02.